The molecule has 1 saturated carbocycles. The van der Waals surface area contributed by atoms with Crippen molar-refractivity contribution in [1.29, 1.82) is 0 Å². The molecule has 33 heavy (non-hydrogen) atoms. The molecule has 0 radical (unpaired) electrons. The molecule has 6 nitrogen and oxygen atoms in total. The maximum absolute atomic E-state index is 13.2. The van der Waals surface area contributed by atoms with Crippen LogP contribution in [0.1, 0.15) is 32.1 Å². The third-order valence-corrected chi connectivity index (χ3v) is 8.67. The lowest BCUT2D eigenvalue weighted by molar-refractivity contribution is -0.119. The number of anilines is 3. The molecule has 0 saturated heterocycles. The van der Waals surface area contributed by atoms with E-state index in [4.69, 9.17) is 0 Å². The molecule has 0 heterocycles. The van der Waals surface area contributed by atoms with E-state index in [1.807, 2.05) is 43.3 Å². The summed E-state index contributed by atoms with van der Waals surface area (Å²) >= 11 is 3.63. The lowest BCUT2D eigenvalue weighted by atomic mass is 9.88. The van der Waals surface area contributed by atoms with Gasteiger partial charge in [0.15, 0.2) is 0 Å². The molecule has 0 bridgehead atoms. The molecule has 1 aliphatic carbocycles. The zero-order chi connectivity index (χ0) is 23.6. The van der Waals surface area contributed by atoms with Crippen LogP contribution in [-0.4, -0.2) is 32.7 Å². The predicted octanol–water partition coefficient (Wildman–Crippen LogP) is 5.74. The Hall–Kier alpha value is -2.58. The van der Waals surface area contributed by atoms with E-state index in [0.717, 1.165) is 43.2 Å². The lowest BCUT2D eigenvalue weighted by Gasteiger charge is -2.30. The Kier molecular flexibility index (Phi) is 6.68. The number of sulfonamides is 1. The fourth-order valence-electron chi connectivity index (χ4n) is 4.30. The Morgan fingerprint density at radius 2 is 1.48 bits per heavy atom. The SMILES string of the molecule is CN(C)c1cccc2c(S(=O)(=O)Nc3ccc(NC(=O)C4(Br)CCCCC4)cc3)cccc12. The van der Waals surface area contributed by atoms with E-state index >= 15 is 0 Å². The highest BCUT2D eigenvalue weighted by Gasteiger charge is 2.36. The number of fused-ring (bicyclic) bond motifs is 1. The van der Waals surface area contributed by atoms with Gasteiger partial charge < -0.3 is 10.2 Å². The highest BCUT2D eigenvalue weighted by atomic mass is 79.9. The molecule has 0 aromatic heterocycles. The number of hydrogen-bond acceptors (Lipinski definition) is 4. The van der Waals surface area contributed by atoms with Gasteiger partial charge in [-0.05, 0) is 49.2 Å². The summed E-state index contributed by atoms with van der Waals surface area (Å²) in [7, 11) is 0.0530. The van der Waals surface area contributed by atoms with Gasteiger partial charge in [0.2, 0.25) is 5.91 Å². The van der Waals surface area contributed by atoms with Gasteiger partial charge in [0.1, 0.15) is 4.32 Å². The van der Waals surface area contributed by atoms with Crippen LogP contribution in [0.5, 0.6) is 0 Å². The highest BCUT2D eigenvalue weighted by Crippen LogP contribution is 2.37. The molecule has 8 heteroatoms. The number of benzene rings is 3. The number of halogens is 1. The minimum absolute atomic E-state index is 0.0528. The van der Waals surface area contributed by atoms with Gasteiger partial charge in [-0.25, -0.2) is 8.42 Å². The minimum Gasteiger partial charge on any atom is -0.377 e. The summed E-state index contributed by atoms with van der Waals surface area (Å²) in [6, 6.07) is 17.7. The van der Waals surface area contributed by atoms with Crippen molar-refractivity contribution in [2.45, 2.75) is 41.3 Å². The quantitative estimate of drug-likeness (QED) is 0.399. The molecule has 0 atom stereocenters. The number of carbonyl (C=O) groups excluding carboxylic acids is 1. The van der Waals surface area contributed by atoms with Crippen LogP contribution < -0.4 is 14.9 Å². The normalized spacial score (nSPS) is 15.7. The van der Waals surface area contributed by atoms with E-state index in [9.17, 15) is 13.2 Å². The van der Waals surface area contributed by atoms with Gasteiger partial charge in [0.25, 0.3) is 10.0 Å². The van der Waals surface area contributed by atoms with Crippen LogP contribution in [0.15, 0.2) is 65.6 Å². The summed E-state index contributed by atoms with van der Waals surface area (Å²) in [6.07, 6.45) is 4.85. The lowest BCUT2D eigenvalue weighted by Crippen LogP contribution is -2.38. The van der Waals surface area contributed by atoms with E-state index < -0.39 is 14.3 Å². The second kappa shape index (κ2) is 9.35. The molecule has 3 aromatic carbocycles. The van der Waals surface area contributed by atoms with Crippen LogP contribution in [0, 0.1) is 0 Å². The van der Waals surface area contributed by atoms with Gasteiger partial charge in [0, 0.05) is 41.9 Å². The first-order valence-corrected chi connectivity index (χ1v) is 13.3. The maximum Gasteiger partial charge on any atom is 0.262 e. The third kappa shape index (κ3) is 5.01. The van der Waals surface area contributed by atoms with Gasteiger partial charge in [-0.1, -0.05) is 59.5 Å². The van der Waals surface area contributed by atoms with Crippen molar-refractivity contribution in [3.05, 3.63) is 60.7 Å². The number of alkyl halides is 1. The molecule has 3 aromatic rings. The molecule has 0 aliphatic heterocycles. The van der Waals surface area contributed by atoms with Crippen LogP contribution in [0.3, 0.4) is 0 Å². The first kappa shape index (κ1) is 23.6. The van der Waals surface area contributed by atoms with Gasteiger partial charge >= 0.3 is 0 Å². The molecule has 174 valence electrons. The Balaban J connectivity index is 1.53. The second-order valence-corrected chi connectivity index (χ2v) is 11.9. The summed E-state index contributed by atoms with van der Waals surface area (Å²) in [4.78, 5) is 14.9. The topological polar surface area (TPSA) is 78.5 Å². The van der Waals surface area contributed by atoms with Crippen molar-refractivity contribution in [3.63, 3.8) is 0 Å². The van der Waals surface area contributed by atoms with Crippen LogP contribution in [-0.2, 0) is 14.8 Å². The van der Waals surface area contributed by atoms with E-state index in [1.54, 1.807) is 36.4 Å². The van der Waals surface area contributed by atoms with Crippen LogP contribution in [0.25, 0.3) is 10.8 Å². The predicted molar refractivity (Wildman–Crippen MR) is 139 cm³/mol. The average molecular weight is 530 g/mol. The second-order valence-electron chi connectivity index (χ2n) is 8.69. The molecule has 1 fully saturated rings. The summed E-state index contributed by atoms with van der Waals surface area (Å²) in [5.41, 5.74) is 2.01. The number of hydrogen-bond donors (Lipinski definition) is 2. The Bertz CT molecular complexity index is 1270. The Labute approximate surface area is 203 Å². The number of nitrogens with zero attached hydrogens (tertiary/aromatic N) is 1. The fourth-order valence-corrected chi connectivity index (χ4v) is 6.24. The Morgan fingerprint density at radius 3 is 2.15 bits per heavy atom. The molecule has 4 rings (SSSR count). The number of carbonyl (C=O) groups is 1. The van der Waals surface area contributed by atoms with Crippen LogP contribution in [0.2, 0.25) is 0 Å². The van der Waals surface area contributed by atoms with Crippen molar-refractivity contribution in [2.75, 3.05) is 29.0 Å². The molecule has 1 amide bonds. The van der Waals surface area contributed by atoms with E-state index in [1.165, 1.54) is 0 Å². The van der Waals surface area contributed by atoms with E-state index in [-0.39, 0.29) is 10.8 Å². The molecular formula is C25H28BrN3O3S. The highest BCUT2D eigenvalue weighted by molar-refractivity contribution is 9.10. The summed E-state index contributed by atoms with van der Waals surface area (Å²) in [6.45, 7) is 0. The van der Waals surface area contributed by atoms with Crippen molar-refractivity contribution in [3.8, 4) is 0 Å². The van der Waals surface area contributed by atoms with Gasteiger partial charge in [-0.15, -0.1) is 0 Å². The smallest absolute Gasteiger partial charge is 0.262 e. The van der Waals surface area contributed by atoms with Gasteiger partial charge in [-0.3, -0.25) is 9.52 Å². The molecular weight excluding hydrogens is 502 g/mol. The van der Waals surface area contributed by atoms with E-state index in [2.05, 4.69) is 26.0 Å². The molecule has 1 aliphatic rings. The summed E-state index contributed by atoms with van der Waals surface area (Å²) in [5, 5.41) is 4.48. The third-order valence-electron chi connectivity index (χ3n) is 6.08. The standard InChI is InChI=1S/C25H28BrN3O3S/c1-29(2)22-10-6-9-21-20(22)8-7-11-23(21)33(31,32)28-19-14-12-18(13-15-19)27-24(30)25(26)16-4-3-5-17-25/h6-15,28H,3-5,16-17H2,1-2H3,(H,27,30). The van der Waals surface area contributed by atoms with Gasteiger partial charge in [-0.2, -0.15) is 0 Å². The average Bonchev–Trinajstić information content (AvgIpc) is 2.79. The Morgan fingerprint density at radius 1 is 0.879 bits per heavy atom. The summed E-state index contributed by atoms with van der Waals surface area (Å²) < 4.78 is 28.6. The van der Waals surface area contributed by atoms with Crippen molar-refractivity contribution >= 4 is 59.7 Å². The van der Waals surface area contributed by atoms with Gasteiger partial charge in [0.05, 0.1) is 4.90 Å². The monoisotopic (exact) mass is 529 g/mol. The van der Waals surface area contributed by atoms with Crippen molar-refractivity contribution in [1.82, 2.24) is 0 Å². The van der Waals surface area contributed by atoms with E-state index in [0.29, 0.717) is 16.8 Å². The molecule has 0 spiro atoms. The van der Waals surface area contributed by atoms with Crippen molar-refractivity contribution < 1.29 is 13.2 Å². The minimum atomic E-state index is -3.81. The first-order valence-electron chi connectivity index (χ1n) is 11.0. The first-order chi connectivity index (χ1) is 15.7. The largest absolute Gasteiger partial charge is 0.377 e. The zero-order valence-corrected chi connectivity index (χ0v) is 21.2. The van der Waals surface area contributed by atoms with Crippen LogP contribution in [0.4, 0.5) is 17.1 Å². The number of rotatable bonds is 6. The summed E-state index contributed by atoms with van der Waals surface area (Å²) in [5.74, 6) is -0.0528. The molecule has 2 N–H and O–H groups in total. The van der Waals surface area contributed by atoms with Crippen molar-refractivity contribution in [2.24, 2.45) is 0 Å². The zero-order valence-electron chi connectivity index (χ0n) is 18.8. The number of nitrogens with one attached hydrogen (secondary N) is 2. The molecule has 0 unspecified atom stereocenters. The fraction of sp³-hybridized carbons (Fsp3) is 0.320. The van der Waals surface area contributed by atoms with Crippen LogP contribution >= 0.6 is 15.9 Å². The number of amides is 1. The maximum atomic E-state index is 13.2.